The molecular formula is C19H16N4O. The third-order valence-electron chi connectivity index (χ3n) is 4.01. The Bertz CT molecular complexity index is 1020. The van der Waals surface area contributed by atoms with Gasteiger partial charge in [0.25, 0.3) is 0 Å². The molecule has 3 heterocycles. The molecule has 0 radical (unpaired) electrons. The summed E-state index contributed by atoms with van der Waals surface area (Å²) >= 11 is 0. The minimum Gasteiger partial charge on any atom is -0.392 e. The highest BCUT2D eigenvalue weighted by Gasteiger charge is 2.09. The highest BCUT2D eigenvalue weighted by Crippen LogP contribution is 2.26. The molecular weight excluding hydrogens is 300 g/mol. The maximum Gasteiger partial charge on any atom is 0.137 e. The number of nitrogens with zero attached hydrogens (tertiary/aromatic N) is 3. The minimum absolute atomic E-state index is 0.0333. The molecule has 5 heteroatoms. The summed E-state index contributed by atoms with van der Waals surface area (Å²) in [5.74, 6) is 0.469. The van der Waals surface area contributed by atoms with Gasteiger partial charge >= 0.3 is 0 Å². The van der Waals surface area contributed by atoms with Gasteiger partial charge in [0, 0.05) is 24.2 Å². The predicted octanol–water partition coefficient (Wildman–Crippen LogP) is 3.14. The van der Waals surface area contributed by atoms with Gasteiger partial charge < -0.3 is 15.2 Å². The first kappa shape index (κ1) is 14.4. The molecule has 0 unspecified atom stereocenters. The molecule has 0 aliphatic rings. The van der Waals surface area contributed by atoms with Crippen LogP contribution in [0.2, 0.25) is 0 Å². The topological polar surface area (TPSA) is 76.4 Å². The number of benzene rings is 1. The number of imidazole rings is 1. The van der Waals surface area contributed by atoms with E-state index in [0.717, 1.165) is 33.6 Å². The number of anilines is 1. The van der Waals surface area contributed by atoms with Gasteiger partial charge in [-0.3, -0.25) is 0 Å². The van der Waals surface area contributed by atoms with Gasteiger partial charge in [-0.05, 0) is 47.0 Å². The van der Waals surface area contributed by atoms with E-state index < -0.39 is 0 Å². The van der Waals surface area contributed by atoms with Crippen LogP contribution in [0.3, 0.4) is 0 Å². The van der Waals surface area contributed by atoms with Crippen LogP contribution in [0.5, 0.6) is 0 Å². The molecule has 0 amide bonds. The van der Waals surface area contributed by atoms with E-state index in [2.05, 4.69) is 9.97 Å². The average molecular weight is 316 g/mol. The second-order valence-corrected chi connectivity index (χ2v) is 5.60. The van der Waals surface area contributed by atoms with Crippen molar-refractivity contribution in [1.82, 2.24) is 14.4 Å². The molecule has 0 aliphatic heterocycles. The molecule has 1 aromatic carbocycles. The Morgan fingerprint density at radius 1 is 1.00 bits per heavy atom. The van der Waals surface area contributed by atoms with Crippen LogP contribution in [0.1, 0.15) is 5.56 Å². The fourth-order valence-corrected chi connectivity index (χ4v) is 2.78. The van der Waals surface area contributed by atoms with Crippen molar-refractivity contribution in [3.8, 4) is 22.4 Å². The Balaban J connectivity index is 1.80. The Hall–Kier alpha value is -3.18. The van der Waals surface area contributed by atoms with E-state index in [1.807, 2.05) is 65.3 Å². The van der Waals surface area contributed by atoms with Gasteiger partial charge in [0.15, 0.2) is 0 Å². The number of hydrogen-bond donors (Lipinski definition) is 2. The summed E-state index contributed by atoms with van der Waals surface area (Å²) in [6, 6.07) is 15.6. The van der Waals surface area contributed by atoms with Gasteiger partial charge in [0.1, 0.15) is 11.5 Å². The zero-order valence-corrected chi connectivity index (χ0v) is 12.9. The maximum absolute atomic E-state index is 9.30. The molecule has 0 fully saturated rings. The molecule has 4 rings (SSSR count). The number of aliphatic hydroxyl groups is 1. The lowest BCUT2D eigenvalue weighted by Gasteiger charge is -2.04. The van der Waals surface area contributed by atoms with Crippen molar-refractivity contribution in [3.05, 3.63) is 72.7 Å². The van der Waals surface area contributed by atoms with Crippen molar-refractivity contribution >= 4 is 11.5 Å². The summed E-state index contributed by atoms with van der Waals surface area (Å²) in [5, 5.41) is 9.30. The third-order valence-corrected chi connectivity index (χ3v) is 4.01. The summed E-state index contributed by atoms with van der Waals surface area (Å²) in [7, 11) is 0. The Morgan fingerprint density at radius 2 is 1.92 bits per heavy atom. The normalized spacial score (nSPS) is 11.0. The third kappa shape index (κ3) is 2.51. The van der Waals surface area contributed by atoms with Gasteiger partial charge in [-0.1, -0.05) is 18.2 Å². The molecule has 0 atom stereocenters. The molecule has 4 aromatic rings. The van der Waals surface area contributed by atoms with Gasteiger partial charge in [-0.15, -0.1) is 0 Å². The highest BCUT2D eigenvalue weighted by molar-refractivity contribution is 5.73. The summed E-state index contributed by atoms with van der Waals surface area (Å²) in [6.07, 6.45) is 5.64. The van der Waals surface area contributed by atoms with Gasteiger partial charge in [0.2, 0.25) is 0 Å². The van der Waals surface area contributed by atoms with Gasteiger partial charge in [-0.2, -0.15) is 0 Å². The Labute approximate surface area is 139 Å². The summed E-state index contributed by atoms with van der Waals surface area (Å²) in [5.41, 5.74) is 11.4. The standard InChI is InChI=1S/C19H16N4O/c20-19-16(5-2-8-21-19)17-11-23-10-15(6-7-18(23)22-17)14-4-1-3-13(9-14)12-24/h1-11,24H,12H2,(H2,20,21). The maximum atomic E-state index is 9.30. The number of fused-ring (bicyclic) bond motifs is 1. The first-order chi connectivity index (χ1) is 11.7. The van der Waals surface area contributed by atoms with Crippen LogP contribution < -0.4 is 5.73 Å². The van der Waals surface area contributed by atoms with Crippen LogP contribution in [0.25, 0.3) is 28.0 Å². The summed E-state index contributed by atoms with van der Waals surface area (Å²) in [4.78, 5) is 8.73. The van der Waals surface area contributed by atoms with E-state index in [1.54, 1.807) is 6.20 Å². The van der Waals surface area contributed by atoms with Gasteiger partial charge in [-0.25, -0.2) is 9.97 Å². The average Bonchev–Trinajstić information content (AvgIpc) is 3.05. The first-order valence-corrected chi connectivity index (χ1v) is 7.64. The van der Waals surface area contributed by atoms with Crippen LogP contribution in [-0.2, 0) is 6.61 Å². The molecule has 0 saturated carbocycles. The molecule has 5 nitrogen and oxygen atoms in total. The van der Waals surface area contributed by atoms with Crippen LogP contribution in [0.4, 0.5) is 5.82 Å². The van der Waals surface area contributed by atoms with Crippen LogP contribution in [0, 0.1) is 0 Å². The van der Waals surface area contributed by atoms with E-state index in [9.17, 15) is 5.11 Å². The van der Waals surface area contributed by atoms with Crippen LogP contribution in [-0.4, -0.2) is 19.5 Å². The molecule has 0 bridgehead atoms. The van der Waals surface area contributed by atoms with Crippen molar-refractivity contribution in [2.24, 2.45) is 0 Å². The largest absolute Gasteiger partial charge is 0.392 e. The molecule has 3 aromatic heterocycles. The molecule has 0 saturated heterocycles. The van der Waals surface area contributed by atoms with Crippen molar-refractivity contribution < 1.29 is 5.11 Å². The lowest BCUT2D eigenvalue weighted by atomic mass is 10.1. The van der Waals surface area contributed by atoms with E-state index in [4.69, 9.17) is 5.73 Å². The van der Waals surface area contributed by atoms with E-state index >= 15 is 0 Å². The number of nitrogen functional groups attached to an aromatic ring is 1. The van der Waals surface area contributed by atoms with E-state index in [0.29, 0.717) is 5.82 Å². The SMILES string of the molecule is Nc1ncccc1-c1cn2cc(-c3cccc(CO)c3)ccc2n1. The predicted molar refractivity (Wildman–Crippen MR) is 94.2 cm³/mol. The highest BCUT2D eigenvalue weighted by atomic mass is 16.3. The number of rotatable bonds is 3. The number of hydrogen-bond acceptors (Lipinski definition) is 4. The minimum atomic E-state index is 0.0333. The quantitative estimate of drug-likeness (QED) is 0.609. The zero-order chi connectivity index (χ0) is 16.5. The fraction of sp³-hybridized carbons (Fsp3) is 0.0526. The fourth-order valence-electron chi connectivity index (χ4n) is 2.78. The molecule has 0 aliphatic carbocycles. The summed E-state index contributed by atoms with van der Waals surface area (Å²) in [6.45, 7) is 0.0333. The number of pyridine rings is 2. The zero-order valence-electron chi connectivity index (χ0n) is 12.9. The van der Waals surface area contributed by atoms with Crippen molar-refractivity contribution in [2.75, 3.05) is 5.73 Å². The second-order valence-electron chi connectivity index (χ2n) is 5.60. The van der Waals surface area contributed by atoms with Crippen LogP contribution >= 0.6 is 0 Å². The second kappa shape index (κ2) is 5.79. The molecule has 0 spiro atoms. The monoisotopic (exact) mass is 316 g/mol. The van der Waals surface area contributed by atoms with Crippen molar-refractivity contribution in [1.29, 1.82) is 0 Å². The van der Waals surface area contributed by atoms with E-state index in [1.165, 1.54) is 0 Å². The lowest BCUT2D eigenvalue weighted by molar-refractivity contribution is 0.282. The molecule has 118 valence electrons. The van der Waals surface area contributed by atoms with Crippen molar-refractivity contribution in [2.45, 2.75) is 6.61 Å². The number of aliphatic hydroxyl groups excluding tert-OH is 1. The smallest absolute Gasteiger partial charge is 0.137 e. The van der Waals surface area contributed by atoms with Gasteiger partial charge in [0.05, 0.1) is 12.3 Å². The number of aromatic nitrogens is 3. The van der Waals surface area contributed by atoms with Crippen molar-refractivity contribution in [3.63, 3.8) is 0 Å². The Kier molecular flexibility index (Phi) is 3.48. The lowest BCUT2D eigenvalue weighted by Crippen LogP contribution is -1.92. The molecule has 3 N–H and O–H groups in total. The van der Waals surface area contributed by atoms with E-state index in [-0.39, 0.29) is 6.61 Å². The Morgan fingerprint density at radius 3 is 2.75 bits per heavy atom. The van der Waals surface area contributed by atoms with Crippen LogP contribution in [0.15, 0.2) is 67.1 Å². The first-order valence-electron chi connectivity index (χ1n) is 7.64. The summed E-state index contributed by atoms with van der Waals surface area (Å²) < 4.78 is 1.97. The number of nitrogens with two attached hydrogens (primary N) is 1. The molecule has 24 heavy (non-hydrogen) atoms.